The molecule has 1 heterocycles. The third kappa shape index (κ3) is 9.11. The number of benzene rings is 3. The van der Waals surface area contributed by atoms with Crippen LogP contribution < -0.4 is 0 Å². The normalized spacial score (nSPS) is 15.8. The van der Waals surface area contributed by atoms with E-state index < -0.39 is 23.4 Å². The Hall–Kier alpha value is -4.31. The van der Waals surface area contributed by atoms with E-state index in [2.05, 4.69) is 29.8 Å². The molecule has 2 nitrogen and oxygen atoms in total. The summed E-state index contributed by atoms with van der Waals surface area (Å²) in [7, 11) is 1.67. The molecule has 0 aromatic heterocycles. The first-order chi connectivity index (χ1) is 21.4. The Bertz CT molecular complexity index is 1650. The molecule has 0 spiro atoms. The average Bonchev–Trinajstić information content (AvgIpc) is 3.01. The molecule has 1 radical (unpaired) electrons. The van der Waals surface area contributed by atoms with E-state index in [4.69, 9.17) is 6.42 Å². The van der Waals surface area contributed by atoms with Crippen LogP contribution in [0.2, 0.25) is 0 Å². The van der Waals surface area contributed by atoms with Crippen LogP contribution in [0.1, 0.15) is 67.3 Å². The van der Waals surface area contributed by atoms with Crippen LogP contribution in [-0.2, 0) is 12.6 Å². The number of aliphatic imine (C=N–C) groups is 2. The lowest BCUT2D eigenvalue weighted by Crippen LogP contribution is -2.16. The second kappa shape index (κ2) is 16.1. The third-order valence-corrected chi connectivity index (χ3v) is 7.40. The Kier molecular flexibility index (Phi) is 12.6. The SMILES string of the molecule is C#Cc1ccc(-c2ccc(CCC/C=C3/N=C(c4cccc(F)c4F)C=C(C)C3C=NC)cc2C)c(C(F)(F)F)c1.[CH2]CCC. The zero-order valence-electron chi connectivity index (χ0n) is 26.1. The second-order valence-corrected chi connectivity index (χ2v) is 10.8. The summed E-state index contributed by atoms with van der Waals surface area (Å²) in [5.74, 6) is 0.221. The maximum absolute atomic E-state index is 14.5. The van der Waals surface area contributed by atoms with Gasteiger partial charge in [0.15, 0.2) is 11.6 Å². The fraction of sp³-hybridized carbons (Fsp3) is 0.289. The quantitative estimate of drug-likeness (QED) is 0.104. The number of terminal acetylenes is 1. The minimum atomic E-state index is -4.53. The van der Waals surface area contributed by atoms with Gasteiger partial charge in [0.2, 0.25) is 0 Å². The van der Waals surface area contributed by atoms with Gasteiger partial charge in [-0.15, -0.1) is 6.42 Å². The van der Waals surface area contributed by atoms with E-state index in [1.807, 2.05) is 25.1 Å². The van der Waals surface area contributed by atoms with Gasteiger partial charge < -0.3 is 0 Å². The van der Waals surface area contributed by atoms with Crippen molar-refractivity contribution in [3.05, 3.63) is 124 Å². The molecule has 0 N–H and O–H groups in total. The molecule has 45 heavy (non-hydrogen) atoms. The van der Waals surface area contributed by atoms with Gasteiger partial charge in [-0.05, 0) is 85.7 Å². The molecular formula is C38H38F5N2. The molecule has 4 rings (SSSR count). The van der Waals surface area contributed by atoms with E-state index in [1.165, 1.54) is 30.7 Å². The van der Waals surface area contributed by atoms with Crippen molar-refractivity contribution in [2.75, 3.05) is 7.05 Å². The number of nitrogens with zero attached hydrogens (tertiary/aromatic N) is 2. The van der Waals surface area contributed by atoms with Crippen LogP contribution >= 0.6 is 0 Å². The second-order valence-electron chi connectivity index (χ2n) is 10.8. The lowest BCUT2D eigenvalue weighted by molar-refractivity contribution is -0.137. The van der Waals surface area contributed by atoms with Crippen LogP contribution in [0.4, 0.5) is 22.0 Å². The van der Waals surface area contributed by atoms with Crippen molar-refractivity contribution >= 4 is 11.9 Å². The van der Waals surface area contributed by atoms with Crippen LogP contribution in [0.15, 0.2) is 88.0 Å². The molecule has 7 heteroatoms. The van der Waals surface area contributed by atoms with Crippen molar-refractivity contribution in [1.29, 1.82) is 0 Å². The maximum atomic E-state index is 14.5. The number of halogens is 5. The monoisotopic (exact) mass is 617 g/mol. The Morgan fingerprint density at radius 1 is 1.02 bits per heavy atom. The van der Waals surface area contributed by atoms with Crippen LogP contribution in [0.3, 0.4) is 0 Å². The summed E-state index contributed by atoms with van der Waals surface area (Å²) in [4.78, 5) is 8.80. The van der Waals surface area contributed by atoms with Gasteiger partial charge >= 0.3 is 6.18 Å². The first-order valence-corrected chi connectivity index (χ1v) is 14.9. The highest BCUT2D eigenvalue weighted by Crippen LogP contribution is 2.39. The third-order valence-electron chi connectivity index (χ3n) is 7.40. The molecule has 1 unspecified atom stereocenters. The van der Waals surface area contributed by atoms with Gasteiger partial charge in [0.1, 0.15) is 0 Å². The summed E-state index contributed by atoms with van der Waals surface area (Å²) < 4.78 is 69.6. The van der Waals surface area contributed by atoms with Crippen molar-refractivity contribution in [2.24, 2.45) is 15.9 Å². The zero-order chi connectivity index (χ0) is 33.1. The number of hydrogen-bond donors (Lipinski definition) is 0. The number of dihydropyridines is 1. The van der Waals surface area contributed by atoms with Crippen molar-refractivity contribution < 1.29 is 22.0 Å². The number of hydrogen-bond acceptors (Lipinski definition) is 2. The maximum Gasteiger partial charge on any atom is 0.417 e. The van der Waals surface area contributed by atoms with Crippen LogP contribution in [0, 0.1) is 43.7 Å². The van der Waals surface area contributed by atoms with Gasteiger partial charge in [0, 0.05) is 30.1 Å². The number of alkyl halides is 3. The minimum absolute atomic E-state index is 0.0954. The highest BCUT2D eigenvalue weighted by molar-refractivity contribution is 6.11. The number of rotatable bonds is 8. The number of aryl methyl sites for hydroxylation is 2. The highest BCUT2D eigenvalue weighted by atomic mass is 19.4. The Morgan fingerprint density at radius 3 is 2.36 bits per heavy atom. The molecule has 0 aliphatic carbocycles. The molecular weight excluding hydrogens is 579 g/mol. The summed E-state index contributed by atoms with van der Waals surface area (Å²) in [6.45, 7) is 9.42. The predicted molar refractivity (Wildman–Crippen MR) is 175 cm³/mol. The lowest BCUT2D eigenvalue weighted by Gasteiger charge is -2.21. The van der Waals surface area contributed by atoms with Crippen molar-refractivity contribution in [2.45, 2.75) is 59.1 Å². The summed E-state index contributed by atoms with van der Waals surface area (Å²) in [6.07, 6.45) is 10.7. The van der Waals surface area contributed by atoms with E-state index in [9.17, 15) is 22.0 Å². The highest BCUT2D eigenvalue weighted by Gasteiger charge is 2.34. The Balaban J connectivity index is 0.00000130. The van der Waals surface area contributed by atoms with E-state index >= 15 is 0 Å². The van der Waals surface area contributed by atoms with Gasteiger partial charge in [-0.3, -0.25) is 9.98 Å². The summed E-state index contributed by atoms with van der Waals surface area (Å²) >= 11 is 0. The summed E-state index contributed by atoms with van der Waals surface area (Å²) in [6, 6.07) is 13.4. The summed E-state index contributed by atoms with van der Waals surface area (Å²) in [5.41, 5.74) is 3.82. The molecule has 0 bridgehead atoms. The van der Waals surface area contributed by atoms with E-state index in [-0.39, 0.29) is 22.6 Å². The van der Waals surface area contributed by atoms with Crippen LogP contribution in [-0.4, -0.2) is 19.0 Å². The fourth-order valence-electron chi connectivity index (χ4n) is 4.98. The smallest absolute Gasteiger partial charge is 0.300 e. The minimum Gasteiger partial charge on any atom is -0.300 e. The van der Waals surface area contributed by atoms with Crippen molar-refractivity contribution in [3.63, 3.8) is 0 Å². The zero-order valence-corrected chi connectivity index (χ0v) is 26.1. The standard InChI is InChI=1S/C34H29F5N2.C4H9/c1-5-23-13-16-26(29(19-23)34(37,38)39)25-15-14-24(17-21(25)2)9-6-7-12-31-28(20-40-4)22(3)18-32(41-31)27-10-8-11-30(35)33(27)36;1-3-4-2/h1,8,10-20,28H,6-7,9H2,2-4H3;1,3-4H2,2H3/b31-12+,40-20?;. The lowest BCUT2D eigenvalue weighted by atomic mass is 9.90. The van der Waals surface area contributed by atoms with Gasteiger partial charge in [-0.2, -0.15) is 13.2 Å². The predicted octanol–water partition coefficient (Wildman–Crippen LogP) is 10.5. The molecule has 3 aromatic carbocycles. The van der Waals surface area contributed by atoms with Gasteiger partial charge in [0.05, 0.1) is 17.2 Å². The molecule has 0 saturated carbocycles. The summed E-state index contributed by atoms with van der Waals surface area (Å²) in [5, 5.41) is 0. The van der Waals surface area contributed by atoms with E-state index in [0.717, 1.165) is 41.7 Å². The average molecular weight is 618 g/mol. The largest absolute Gasteiger partial charge is 0.417 e. The van der Waals surface area contributed by atoms with Gasteiger partial charge in [-0.25, -0.2) is 8.78 Å². The van der Waals surface area contributed by atoms with E-state index in [0.29, 0.717) is 29.8 Å². The molecule has 235 valence electrons. The molecule has 0 amide bonds. The van der Waals surface area contributed by atoms with Crippen LogP contribution in [0.25, 0.3) is 11.1 Å². The number of unbranched alkanes of at least 4 members (excludes halogenated alkanes) is 2. The fourth-order valence-corrected chi connectivity index (χ4v) is 4.98. The molecule has 0 saturated heterocycles. The van der Waals surface area contributed by atoms with Crippen molar-refractivity contribution in [3.8, 4) is 23.5 Å². The molecule has 1 aliphatic heterocycles. The topological polar surface area (TPSA) is 24.7 Å². The van der Waals surface area contributed by atoms with Gasteiger partial charge in [-0.1, -0.05) is 74.6 Å². The van der Waals surface area contributed by atoms with Crippen LogP contribution in [0.5, 0.6) is 0 Å². The Morgan fingerprint density at radius 2 is 1.73 bits per heavy atom. The van der Waals surface area contributed by atoms with E-state index in [1.54, 1.807) is 32.3 Å². The molecule has 0 fully saturated rings. The first-order valence-electron chi connectivity index (χ1n) is 14.9. The molecule has 3 aromatic rings. The van der Waals surface area contributed by atoms with Crippen molar-refractivity contribution in [1.82, 2.24) is 0 Å². The van der Waals surface area contributed by atoms with Gasteiger partial charge in [0.25, 0.3) is 0 Å². The molecule has 1 aliphatic rings. The number of allylic oxidation sites excluding steroid dienone is 3. The molecule has 1 atom stereocenters. The Labute approximate surface area is 263 Å². The first kappa shape index (κ1) is 35.2.